The lowest BCUT2D eigenvalue weighted by Gasteiger charge is -2.22. The molecule has 134 valence electrons. The fourth-order valence-electron chi connectivity index (χ4n) is 2.73. The van der Waals surface area contributed by atoms with Crippen molar-refractivity contribution in [2.45, 2.75) is 37.3 Å². The van der Waals surface area contributed by atoms with E-state index in [0.29, 0.717) is 29.3 Å². The number of hydrogen-bond acceptors (Lipinski definition) is 6. The summed E-state index contributed by atoms with van der Waals surface area (Å²) in [6.07, 6.45) is 1.01. The highest BCUT2D eigenvalue weighted by Crippen LogP contribution is 2.27. The smallest absolute Gasteiger partial charge is 0.324 e. The minimum absolute atomic E-state index is 0.0541. The summed E-state index contributed by atoms with van der Waals surface area (Å²) in [5, 5.41) is 4.19. The molecular weight excluding hydrogens is 368 g/mol. The predicted octanol–water partition coefficient (Wildman–Crippen LogP) is 2.53. The van der Waals surface area contributed by atoms with Crippen molar-refractivity contribution >= 4 is 27.6 Å². The van der Waals surface area contributed by atoms with Gasteiger partial charge >= 0.3 is 5.97 Å². The number of sulfonamides is 1. The first-order valence-electron chi connectivity index (χ1n) is 7.74. The molecule has 0 aliphatic carbocycles. The summed E-state index contributed by atoms with van der Waals surface area (Å²) in [6, 6.07) is 6.68. The molecule has 0 saturated carbocycles. The SMILES string of the molecule is Cc1cc(COC(=O)[C@@H]2CCCN2S(=O)(=O)c2ccc(Cl)cc2)no1. The average Bonchev–Trinajstić information content (AvgIpc) is 3.22. The van der Waals surface area contributed by atoms with Crippen molar-refractivity contribution in [3.8, 4) is 0 Å². The summed E-state index contributed by atoms with van der Waals surface area (Å²) in [7, 11) is -3.79. The molecule has 1 atom stereocenters. The first-order chi connectivity index (χ1) is 11.9. The molecule has 0 radical (unpaired) electrons. The summed E-state index contributed by atoms with van der Waals surface area (Å²) < 4.78 is 36.9. The van der Waals surface area contributed by atoms with Gasteiger partial charge in [-0.2, -0.15) is 4.31 Å². The van der Waals surface area contributed by atoms with E-state index in [1.54, 1.807) is 13.0 Å². The Hall–Kier alpha value is -1.90. The van der Waals surface area contributed by atoms with Gasteiger partial charge in [0.25, 0.3) is 0 Å². The Morgan fingerprint density at radius 3 is 2.76 bits per heavy atom. The van der Waals surface area contributed by atoms with Gasteiger partial charge in [-0.05, 0) is 44.0 Å². The number of rotatable bonds is 5. The van der Waals surface area contributed by atoms with Crippen molar-refractivity contribution in [2.24, 2.45) is 0 Å². The van der Waals surface area contributed by atoms with E-state index in [9.17, 15) is 13.2 Å². The highest BCUT2D eigenvalue weighted by Gasteiger charge is 2.40. The van der Waals surface area contributed by atoms with Crippen molar-refractivity contribution in [2.75, 3.05) is 6.54 Å². The maximum absolute atomic E-state index is 12.8. The minimum atomic E-state index is -3.79. The van der Waals surface area contributed by atoms with Gasteiger partial charge in [0.2, 0.25) is 10.0 Å². The molecular formula is C16H17ClN2O5S. The molecule has 9 heteroatoms. The summed E-state index contributed by atoms with van der Waals surface area (Å²) >= 11 is 5.81. The molecule has 0 spiro atoms. The minimum Gasteiger partial charge on any atom is -0.458 e. The molecule has 0 amide bonds. The van der Waals surface area contributed by atoms with Gasteiger partial charge in [-0.25, -0.2) is 8.42 Å². The zero-order valence-corrected chi connectivity index (χ0v) is 15.1. The number of hydrogen-bond donors (Lipinski definition) is 0. The van der Waals surface area contributed by atoms with Gasteiger partial charge in [0.1, 0.15) is 24.1 Å². The normalized spacial score (nSPS) is 18.4. The predicted molar refractivity (Wildman–Crippen MR) is 89.4 cm³/mol. The highest BCUT2D eigenvalue weighted by atomic mass is 35.5. The molecule has 1 aromatic heterocycles. The van der Waals surface area contributed by atoms with Crippen LogP contribution in [0.2, 0.25) is 5.02 Å². The molecule has 1 saturated heterocycles. The Bertz CT molecular complexity index is 863. The van der Waals surface area contributed by atoms with Gasteiger partial charge < -0.3 is 9.26 Å². The molecule has 0 N–H and O–H groups in total. The van der Waals surface area contributed by atoms with Gasteiger partial charge in [-0.15, -0.1) is 0 Å². The quantitative estimate of drug-likeness (QED) is 0.736. The maximum atomic E-state index is 12.8. The molecule has 2 aromatic rings. The van der Waals surface area contributed by atoms with Crippen molar-refractivity contribution in [3.63, 3.8) is 0 Å². The second-order valence-electron chi connectivity index (χ2n) is 5.76. The second kappa shape index (κ2) is 7.15. The van der Waals surface area contributed by atoms with Crippen molar-refractivity contribution < 1.29 is 22.5 Å². The number of carbonyl (C=O) groups is 1. The van der Waals surface area contributed by atoms with Gasteiger partial charge in [0.05, 0.1) is 4.90 Å². The van der Waals surface area contributed by atoms with Crippen LogP contribution in [0.4, 0.5) is 0 Å². The summed E-state index contributed by atoms with van der Waals surface area (Å²) in [6.45, 7) is 1.95. The maximum Gasteiger partial charge on any atom is 0.324 e. The topological polar surface area (TPSA) is 89.7 Å². The Morgan fingerprint density at radius 2 is 2.12 bits per heavy atom. The summed E-state index contributed by atoms with van der Waals surface area (Å²) in [4.78, 5) is 12.5. The molecule has 25 heavy (non-hydrogen) atoms. The van der Waals surface area contributed by atoms with Gasteiger partial charge in [-0.1, -0.05) is 16.8 Å². The number of nitrogens with zero attached hydrogens (tertiary/aromatic N) is 2. The first kappa shape index (κ1) is 17.9. The second-order valence-corrected chi connectivity index (χ2v) is 8.09. The van der Waals surface area contributed by atoms with Gasteiger partial charge in [0, 0.05) is 17.6 Å². The molecule has 1 fully saturated rings. The van der Waals surface area contributed by atoms with E-state index in [4.69, 9.17) is 20.9 Å². The lowest BCUT2D eigenvalue weighted by atomic mass is 10.2. The molecule has 2 heterocycles. The average molecular weight is 385 g/mol. The van der Waals surface area contributed by atoms with Crippen LogP contribution >= 0.6 is 11.6 Å². The van der Waals surface area contributed by atoms with Crippen LogP contribution in [-0.4, -0.2) is 36.4 Å². The van der Waals surface area contributed by atoms with Crippen molar-refractivity contribution in [1.29, 1.82) is 0 Å². The van der Waals surface area contributed by atoms with Crippen LogP contribution in [0.5, 0.6) is 0 Å². The third-order valence-electron chi connectivity index (χ3n) is 3.94. The van der Waals surface area contributed by atoms with Crippen LogP contribution in [0, 0.1) is 6.92 Å². The number of aromatic nitrogens is 1. The molecule has 1 aliphatic heterocycles. The lowest BCUT2D eigenvalue weighted by Crippen LogP contribution is -2.41. The third-order valence-corrected chi connectivity index (χ3v) is 6.11. The van der Waals surface area contributed by atoms with Crippen molar-refractivity contribution in [1.82, 2.24) is 9.46 Å². The molecule has 0 unspecified atom stereocenters. The molecule has 0 bridgehead atoms. The fraction of sp³-hybridized carbons (Fsp3) is 0.375. The number of benzene rings is 1. The first-order valence-corrected chi connectivity index (χ1v) is 9.56. The Balaban J connectivity index is 1.72. The van der Waals surface area contributed by atoms with E-state index in [2.05, 4.69) is 5.16 Å². The van der Waals surface area contributed by atoms with E-state index in [1.807, 2.05) is 0 Å². The number of esters is 1. The molecule has 1 aromatic carbocycles. The Morgan fingerprint density at radius 1 is 1.40 bits per heavy atom. The molecule has 7 nitrogen and oxygen atoms in total. The zero-order chi connectivity index (χ0) is 18.0. The Kier molecular flexibility index (Phi) is 5.12. The van der Waals surface area contributed by atoms with Crippen LogP contribution in [0.3, 0.4) is 0 Å². The molecule has 1 aliphatic rings. The van der Waals surface area contributed by atoms with Gasteiger partial charge in [0.15, 0.2) is 0 Å². The molecule has 3 rings (SSSR count). The van der Waals surface area contributed by atoms with Gasteiger partial charge in [-0.3, -0.25) is 4.79 Å². The van der Waals surface area contributed by atoms with E-state index < -0.39 is 22.0 Å². The number of ether oxygens (including phenoxy) is 1. The number of halogens is 1. The third kappa shape index (κ3) is 3.86. The van der Waals surface area contributed by atoms with E-state index in [-0.39, 0.29) is 18.0 Å². The lowest BCUT2D eigenvalue weighted by molar-refractivity contribution is -0.148. The van der Waals surface area contributed by atoms with Crippen molar-refractivity contribution in [3.05, 3.63) is 46.8 Å². The van der Waals surface area contributed by atoms with Crippen LogP contribution in [0.15, 0.2) is 39.8 Å². The Labute approximate surface area is 150 Å². The standard InChI is InChI=1S/C16H17ClN2O5S/c1-11-9-13(18-24-11)10-23-16(20)15-3-2-8-19(15)25(21,22)14-6-4-12(17)5-7-14/h4-7,9,15H,2-3,8,10H2,1H3/t15-/m0/s1. The highest BCUT2D eigenvalue weighted by molar-refractivity contribution is 7.89. The monoisotopic (exact) mass is 384 g/mol. The van der Waals surface area contributed by atoms with Crippen LogP contribution in [0.1, 0.15) is 24.3 Å². The number of carbonyl (C=O) groups excluding carboxylic acids is 1. The summed E-state index contributed by atoms with van der Waals surface area (Å²) in [5.41, 5.74) is 0.482. The largest absolute Gasteiger partial charge is 0.458 e. The fourth-order valence-corrected chi connectivity index (χ4v) is 4.51. The van der Waals surface area contributed by atoms with E-state index >= 15 is 0 Å². The van der Waals surface area contributed by atoms with E-state index in [1.165, 1.54) is 28.6 Å². The van der Waals surface area contributed by atoms with Crippen LogP contribution in [0.25, 0.3) is 0 Å². The zero-order valence-electron chi connectivity index (χ0n) is 13.5. The van der Waals surface area contributed by atoms with Crippen LogP contribution < -0.4 is 0 Å². The van der Waals surface area contributed by atoms with E-state index in [0.717, 1.165) is 0 Å². The number of aryl methyl sites for hydroxylation is 1. The summed E-state index contributed by atoms with van der Waals surface area (Å²) in [5.74, 6) is 0.0227. The van der Waals surface area contributed by atoms with Crippen LogP contribution in [-0.2, 0) is 26.2 Å².